The second kappa shape index (κ2) is 10.0. The normalized spacial score (nSPS) is 12.4. The van der Waals surface area contributed by atoms with Crippen molar-refractivity contribution in [2.75, 3.05) is 7.11 Å². The van der Waals surface area contributed by atoms with Crippen LogP contribution in [-0.4, -0.2) is 39.6 Å². The maximum absolute atomic E-state index is 12.8. The van der Waals surface area contributed by atoms with Gasteiger partial charge in [-0.15, -0.1) is 0 Å². The standard InChI is InChI=1S/C22H23N3O6S2/c1-17-8-10-19(11-9-17)32(27,28)24-23-21(12-13-22(26)31-2)18-14-15-25(16-18)33(29,30)20-6-4-3-5-7-20/h3-11,14-16,24H,12-13H2,1-2H3/b23-21+. The predicted molar refractivity (Wildman–Crippen MR) is 123 cm³/mol. The number of nitrogens with one attached hydrogen (secondary N) is 1. The quantitative estimate of drug-likeness (QED) is 0.280. The number of aromatic nitrogens is 1. The molecule has 33 heavy (non-hydrogen) atoms. The third-order valence-corrected chi connectivity index (χ3v) is 7.62. The van der Waals surface area contributed by atoms with E-state index in [1.807, 2.05) is 6.92 Å². The van der Waals surface area contributed by atoms with E-state index in [9.17, 15) is 21.6 Å². The van der Waals surface area contributed by atoms with Crippen LogP contribution in [0.4, 0.5) is 0 Å². The number of rotatable bonds is 9. The number of hydrogen-bond acceptors (Lipinski definition) is 7. The molecule has 0 unspecified atom stereocenters. The Labute approximate surface area is 192 Å². The summed E-state index contributed by atoms with van der Waals surface area (Å²) in [7, 11) is -6.58. The van der Waals surface area contributed by atoms with Gasteiger partial charge >= 0.3 is 5.97 Å². The second-order valence-electron chi connectivity index (χ2n) is 7.09. The minimum atomic E-state index is -3.97. The minimum absolute atomic E-state index is 0.0217. The molecule has 9 nitrogen and oxygen atoms in total. The molecule has 0 radical (unpaired) electrons. The third kappa shape index (κ3) is 5.88. The number of carbonyl (C=O) groups excluding carboxylic acids is 1. The molecule has 3 aromatic rings. The van der Waals surface area contributed by atoms with Crippen LogP contribution < -0.4 is 4.83 Å². The maximum Gasteiger partial charge on any atom is 0.305 e. The molecule has 0 saturated carbocycles. The molecular weight excluding hydrogens is 466 g/mol. The van der Waals surface area contributed by atoms with Crippen LogP contribution in [0.1, 0.15) is 24.0 Å². The van der Waals surface area contributed by atoms with E-state index in [0.717, 1.165) is 9.54 Å². The van der Waals surface area contributed by atoms with Gasteiger partial charge in [-0.3, -0.25) is 4.79 Å². The molecule has 0 amide bonds. The number of hydrogen-bond donors (Lipinski definition) is 1. The van der Waals surface area contributed by atoms with Crippen molar-refractivity contribution >= 4 is 31.7 Å². The summed E-state index contributed by atoms with van der Waals surface area (Å²) in [6.07, 6.45) is 2.61. The summed E-state index contributed by atoms with van der Waals surface area (Å²) in [5, 5.41) is 4.00. The van der Waals surface area contributed by atoms with E-state index in [1.54, 1.807) is 30.3 Å². The number of esters is 1. The summed E-state index contributed by atoms with van der Waals surface area (Å²) in [5.41, 5.74) is 1.42. The SMILES string of the molecule is COC(=O)CC/C(=N\NS(=O)(=O)c1ccc(C)cc1)c1ccn(S(=O)(=O)c2ccccc2)c1. The lowest BCUT2D eigenvalue weighted by molar-refractivity contribution is -0.140. The minimum Gasteiger partial charge on any atom is -0.469 e. The Morgan fingerprint density at radius 1 is 0.939 bits per heavy atom. The van der Waals surface area contributed by atoms with Gasteiger partial charge in [-0.25, -0.2) is 12.4 Å². The Bertz CT molecular complexity index is 1360. The van der Waals surface area contributed by atoms with Crippen LogP contribution in [-0.2, 0) is 29.6 Å². The first kappa shape index (κ1) is 24.2. The van der Waals surface area contributed by atoms with E-state index >= 15 is 0 Å². The highest BCUT2D eigenvalue weighted by Gasteiger charge is 2.19. The molecule has 0 spiro atoms. The van der Waals surface area contributed by atoms with E-state index in [-0.39, 0.29) is 28.3 Å². The first-order chi connectivity index (χ1) is 15.6. The highest BCUT2D eigenvalue weighted by molar-refractivity contribution is 7.90. The molecule has 174 valence electrons. The van der Waals surface area contributed by atoms with Crippen molar-refractivity contribution in [3.05, 3.63) is 84.2 Å². The number of aryl methyl sites for hydroxylation is 1. The summed E-state index contributed by atoms with van der Waals surface area (Å²) in [4.78, 5) is 13.9. The molecule has 1 heterocycles. The topological polar surface area (TPSA) is 124 Å². The van der Waals surface area contributed by atoms with E-state index < -0.39 is 26.0 Å². The van der Waals surface area contributed by atoms with Crippen molar-refractivity contribution in [1.82, 2.24) is 8.80 Å². The molecule has 0 saturated heterocycles. The van der Waals surface area contributed by atoms with Gasteiger partial charge < -0.3 is 4.74 Å². The molecule has 0 aliphatic rings. The fourth-order valence-corrected chi connectivity index (χ4v) is 4.93. The molecule has 0 aliphatic carbocycles. The Kier molecular flexibility index (Phi) is 7.34. The largest absolute Gasteiger partial charge is 0.469 e. The molecule has 0 atom stereocenters. The molecule has 11 heteroatoms. The van der Waals surface area contributed by atoms with Gasteiger partial charge in [-0.05, 0) is 37.3 Å². The van der Waals surface area contributed by atoms with Gasteiger partial charge in [0, 0.05) is 24.4 Å². The number of hydrazone groups is 1. The first-order valence-corrected chi connectivity index (χ1v) is 12.8. The third-order valence-electron chi connectivity index (χ3n) is 4.74. The molecule has 2 aromatic carbocycles. The van der Waals surface area contributed by atoms with Crippen LogP contribution in [0.15, 0.2) is 87.9 Å². The Morgan fingerprint density at radius 3 is 2.24 bits per heavy atom. The van der Waals surface area contributed by atoms with Gasteiger partial charge in [0.1, 0.15) is 0 Å². The Morgan fingerprint density at radius 2 is 1.61 bits per heavy atom. The van der Waals surface area contributed by atoms with Gasteiger partial charge in [0.2, 0.25) is 0 Å². The number of nitrogens with zero attached hydrogens (tertiary/aromatic N) is 2. The Balaban J connectivity index is 1.93. The fourth-order valence-electron chi connectivity index (χ4n) is 2.88. The van der Waals surface area contributed by atoms with Gasteiger partial charge in [0.05, 0.1) is 29.0 Å². The number of carbonyl (C=O) groups is 1. The Hall–Kier alpha value is -3.44. The van der Waals surface area contributed by atoms with Crippen molar-refractivity contribution in [3.63, 3.8) is 0 Å². The smallest absolute Gasteiger partial charge is 0.305 e. The van der Waals surface area contributed by atoms with Crippen LogP contribution in [0, 0.1) is 6.92 Å². The summed E-state index contributed by atoms with van der Waals surface area (Å²) in [6.45, 7) is 1.83. The monoisotopic (exact) mass is 489 g/mol. The first-order valence-electron chi connectivity index (χ1n) is 9.84. The van der Waals surface area contributed by atoms with Crippen molar-refractivity contribution in [2.24, 2.45) is 5.10 Å². The van der Waals surface area contributed by atoms with E-state index in [0.29, 0.717) is 5.56 Å². The van der Waals surface area contributed by atoms with Crippen molar-refractivity contribution < 1.29 is 26.4 Å². The summed E-state index contributed by atoms with van der Waals surface area (Å²) in [6, 6.07) is 15.6. The number of sulfonamides is 1. The van der Waals surface area contributed by atoms with Crippen LogP contribution in [0.5, 0.6) is 0 Å². The molecule has 1 aromatic heterocycles. The van der Waals surface area contributed by atoms with Gasteiger partial charge in [-0.1, -0.05) is 35.9 Å². The van der Waals surface area contributed by atoms with Crippen molar-refractivity contribution in [3.8, 4) is 0 Å². The van der Waals surface area contributed by atoms with Crippen LogP contribution in [0.3, 0.4) is 0 Å². The summed E-state index contributed by atoms with van der Waals surface area (Å²) in [5.74, 6) is -0.513. The zero-order chi connectivity index (χ0) is 24.1. The highest BCUT2D eigenvalue weighted by Crippen LogP contribution is 2.17. The fraction of sp³-hybridized carbons (Fsp3) is 0.182. The zero-order valence-corrected chi connectivity index (χ0v) is 19.6. The van der Waals surface area contributed by atoms with Crippen LogP contribution >= 0.6 is 0 Å². The molecule has 0 bridgehead atoms. The zero-order valence-electron chi connectivity index (χ0n) is 18.0. The van der Waals surface area contributed by atoms with Crippen LogP contribution in [0.25, 0.3) is 0 Å². The molecular formula is C22H23N3O6S2. The molecule has 1 N–H and O–H groups in total. The number of benzene rings is 2. The lowest BCUT2D eigenvalue weighted by Gasteiger charge is -2.08. The van der Waals surface area contributed by atoms with E-state index in [4.69, 9.17) is 0 Å². The van der Waals surface area contributed by atoms with E-state index in [1.165, 1.54) is 49.8 Å². The average Bonchev–Trinajstić information content (AvgIpc) is 3.30. The predicted octanol–water partition coefficient (Wildman–Crippen LogP) is 2.67. The van der Waals surface area contributed by atoms with Gasteiger partial charge in [0.25, 0.3) is 20.0 Å². The number of methoxy groups -OCH3 is 1. The average molecular weight is 490 g/mol. The highest BCUT2D eigenvalue weighted by atomic mass is 32.2. The van der Waals surface area contributed by atoms with Crippen LogP contribution in [0.2, 0.25) is 0 Å². The lowest BCUT2D eigenvalue weighted by atomic mass is 10.1. The van der Waals surface area contributed by atoms with Gasteiger partial charge in [-0.2, -0.15) is 18.4 Å². The second-order valence-corrected chi connectivity index (χ2v) is 10.6. The van der Waals surface area contributed by atoms with Crippen molar-refractivity contribution in [2.45, 2.75) is 29.6 Å². The summed E-state index contributed by atoms with van der Waals surface area (Å²) < 4.78 is 56.6. The maximum atomic E-state index is 12.8. The molecule has 0 fully saturated rings. The lowest BCUT2D eigenvalue weighted by Crippen LogP contribution is -2.21. The van der Waals surface area contributed by atoms with E-state index in [2.05, 4.69) is 14.7 Å². The molecule has 3 rings (SSSR count). The molecule has 0 aliphatic heterocycles. The van der Waals surface area contributed by atoms with Gasteiger partial charge in [0.15, 0.2) is 0 Å². The summed E-state index contributed by atoms with van der Waals surface area (Å²) >= 11 is 0. The van der Waals surface area contributed by atoms with Crippen molar-refractivity contribution in [1.29, 1.82) is 0 Å². The number of ether oxygens (including phenoxy) is 1.